The van der Waals surface area contributed by atoms with Gasteiger partial charge in [0.05, 0.1) is 5.56 Å². The summed E-state index contributed by atoms with van der Waals surface area (Å²) in [6, 6.07) is 3.48. The second kappa shape index (κ2) is 4.23. The first-order chi connectivity index (χ1) is 8.97. The molecule has 2 aliphatic heterocycles. The number of piperidine rings is 1. The number of carbonyl (C=O) groups excluding carboxylic acids is 1. The van der Waals surface area contributed by atoms with Gasteiger partial charge in [-0.05, 0) is 30.7 Å². The molecular weight excluding hydrogens is 257 g/mol. The lowest BCUT2D eigenvalue weighted by Gasteiger charge is -2.38. The summed E-state index contributed by atoms with van der Waals surface area (Å²) >= 11 is 0. The van der Waals surface area contributed by atoms with E-state index in [0.29, 0.717) is 12.1 Å². The van der Waals surface area contributed by atoms with E-state index in [-0.39, 0.29) is 17.5 Å². The standard InChI is InChI=1S/C13H13F3N2O/c14-13(15,16)7-1-2-8-9(5-7)12(19)18-11-3-4-17-6-10(8)11/h1-2,5,10-11,17H,3-4,6H2,(H,18,19)/t10-,11?/m0/s1. The molecule has 0 bridgehead atoms. The first-order valence-electron chi connectivity index (χ1n) is 6.19. The molecule has 1 aromatic carbocycles. The Labute approximate surface area is 108 Å². The van der Waals surface area contributed by atoms with E-state index in [2.05, 4.69) is 10.6 Å². The summed E-state index contributed by atoms with van der Waals surface area (Å²) in [4.78, 5) is 11.9. The number of fused-ring (bicyclic) bond motifs is 3. The van der Waals surface area contributed by atoms with Crippen molar-refractivity contribution in [3.05, 3.63) is 34.9 Å². The number of carbonyl (C=O) groups is 1. The van der Waals surface area contributed by atoms with Gasteiger partial charge in [-0.25, -0.2) is 0 Å². The maximum atomic E-state index is 12.7. The molecular formula is C13H13F3N2O. The van der Waals surface area contributed by atoms with E-state index in [4.69, 9.17) is 0 Å². The Morgan fingerprint density at radius 2 is 2.05 bits per heavy atom. The third-order valence-corrected chi connectivity index (χ3v) is 3.82. The van der Waals surface area contributed by atoms with E-state index in [1.165, 1.54) is 6.07 Å². The summed E-state index contributed by atoms with van der Waals surface area (Å²) in [5.41, 5.74) is 0.0948. The molecule has 0 aliphatic carbocycles. The van der Waals surface area contributed by atoms with Crippen molar-refractivity contribution in [3.8, 4) is 0 Å². The third kappa shape index (κ3) is 2.10. The molecule has 1 saturated heterocycles. The van der Waals surface area contributed by atoms with Crippen LogP contribution in [0.2, 0.25) is 0 Å². The number of benzene rings is 1. The molecule has 3 nitrogen and oxygen atoms in total. The van der Waals surface area contributed by atoms with Crippen molar-refractivity contribution in [2.24, 2.45) is 0 Å². The van der Waals surface area contributed by atoms with E-state index in [1.807, 2.05) is 0 Å². The first kappa shape index (κ1) is 12.5. The van der Waals surface area contributed by atoms with Crippen molar-refractivity contribution in [3.63, 3.8) is 0 Å². The van der Waals surface area contributed by atoms with Crippen LogP contribution in [0.15, 0.2) is 18.2 Å². The van der Waals surface area contributed by atoms with Gasteiger partial charge in [0.1, 0.15) is 0 Å². The fourth-order valence-electron chi connectivity index (χ4n) is 2.86. The number of alkyl halides is 3. The second-order valence-electron chi connectivity index (χ2n) is 4.98. The molecule has 1 fully saturated rings. The summed E-state index contributed by atoms with van der Waals surface area (Å²) in [7, 11) is 0. The van der Waals surface area contributed by atoms with Crippen LogP contribution in [-0.4, -0.2) is 25.0 Å². The van der Waals surface area contributed by atoms with Gasteiger partial charge in [0.25, 0.3) is 5.91 Å². The fourth-order valence-corrected chi connectivity index (χ4v) is 2.86. The maximum absolute atomic E-state index is 12.7. The summed E-state index contributed by atoms with van der Waals surface area (Å²) < 4.78 is 38.0. The van der Waals surface area contributed by atoms with Crippen LogP contribution in [0, 0.1) is 0 Å². The second-order valence-corrected chi connectivity index (χ2v) is 4.98. The molecule has 19 heavy (non-hydrogen) atoms. The Kier molecular flexibility index (Phi) is 2.78. The van der Waals surface area contributed by atoms with Gasteiger partial charge >= 0.3 is 6.18 Å². The zero-order valence-corrected chi connectivity index (χ0v) is 10.1. The van der Waals surface area contributed by atoms with Crippen molar-refractivity contribution in [2.45, 2.75) is 24.6 Å². The predicted octanol–water partition coefficient (Wildman–Crippen LogP) is 1.89. The number of hydrogen-bond acceptors (Lipinski definition) is 2. The Bertz CT molecular complexity index is 527. The van der Waals surface area contributed by atoms with E-state index in [9.17, 15) is 18.0 Å². The summed E-state index contributed by atoms with van der Waals surface area (Å²) in [5.74, 6) is -0.340. The molecule has 0 spiro atoms. The van der Waals surface area contributed by atoms with E-state index < -0.39 is 17.6 Å². The zero-order valence-electron chi connectivity index (χ0n) is 10.1. The van der Waals surface area contributed by atoms with Gasteiger partial charge in [-0.15, -0.1) is 0 Å². The van der Waals surface area contributed by atoms with Crippen molar-refractivity contribution < 1.29 is 18.0 Å². The largest absolute Gasteiger partial charge is 0.416 e. The molecule has 0 saturated carbocycles. The Morgan fingerprint density at radius 3 is 2.79 bits per heavy atom. The Morgan fingerprint density at radius 1 is 1.26 bits per heavy atom. The molecule has 6 heteroatoms. The molecule has 3 rings (SSSR count). The molecule has 1 unspecified atom stereocenters. The topological polar surface area (TPSA) is 41.1 Å². The van der Waals surface area contributed by atoms with Crippen LogP contribution in [-0.2, 0) is 6.18 Å². The van der Waals surface area contributed by atoms with Gasteiger partial charge in [0.15, 0.2) is 0 Å². The zero-order chi connectivity index (χ0) is 13.6. The van der Waals surface area contributed by atoms with Crippen LogP contribution in [0.25, 0.3) is 0 Å². The highest BCUT2D eigenvalue weighted by Gasteiger charge is 2.38. The van der Waals surface area contributed by atoms with Gasteiger partial charge in [-0.1, -0.05) is 6.07 Å². The van der Waals surface area contributed by atoms with Gasteiger partial charge in [-0.3, -0.25) is 4.79 Å². The third-order valence-electron chi connectivity index (χ3n) is 3.82. The monoisotopic (exact) mass is 270 g/mol. The van der Waals surface area contributed by atoms with Gasteiger partial charge in [0.2, 0.25) is 0 Å². The van der Waals surface area contributed by atoms with Crippen LogP contribution >= 0.6 is 0 Å². The van der Waals surface area contributed by atoms with Gasteiger partial charge in [0, 0.05) is 24.1 Å². The average Bonchev–Trinajstić information content (AvgIpc) is 2.37. The highest BCUT2D eigenvalue weighted by molar-refractivity contribution is 5.97. The molecule has 1 aromatic rings. The number of nitrogens with one attached hydrogen (secondary N) is 2. The van der Waals surface area contributed by atoms with Crippen LogP contribution in [0.3, 0.4) is 0 Å². The quantitative estimate of drug-likeness (QED) is 0.756. The molecule has 102 valence electrons. The minimum Gasteiger partial charge on any atom is -0.349 e. The summed E-state index contributed by atoms with van der Waals surface area (Å²) in [6.45, 7) is 1.50. The van der Waals surface area contributed by atoms with E-state index in [0.717, 1.165) is 25.1 Å². The maximum Gasteiger partial charge on any atom is 0.416 e. The van der Waals surface area contributed by atoms with Crippen molar-refractivity contribution in [1.82, 2.24) is 10.6 Å². The molecule has 2 N–H and O–H groups in total. The normalized spacial score (nSPS) is 26.4. The number of halogens is 3. The van der Waals surface area contributed by atoms with Crippen LogP contribution in [0.1, 0.15) is 33.8 Å². The van der Waals surface area contributed by atoms with Crippen molar-refractivity contribution in [2.75, 3.05) is 13.1 Å². The highest BCUT2D eigenvalue weighted by atomic mass is 19.4. The van der Waals surface area contributed by atoms with Crippen molar-refractivity contribution in [1.29, 1.82) is 0 Å². The number of rotatable bonds is 0. The minimum absolute atomic E-state index is 0.0259. The minimum atomic E-state index is -4.42. The molecule has 0 radical (unpaired) electrons. The fraction of sp³-hybridized carbons (Fsp3) is 0.462. The SMILES string of the molecule is O=C1NC2CCNC[C@H]2c2ccc(C(F)(F)F)cc21. The molecule has 2 heterocycles. The van der Waals surface area contributed by atoms with Crippen LogP contribution in [0.5, 0.6) is 0 Å². The van der Waals surface area contributed by atoms with E-state index >= 15 is 0 Å². The lowest BCUT2D eigenvalue weighted by atomic mass is 9.80. The van der Waals surface area contributed by atoms with Crippen LogP contribution < -0.4 is 10.6 Å². The van der Waals surface area contributed by atoms with Crippen molar-refractivity contribution >= 4 is 5.91 Å². The average molecular weight is 270 g/mol. The molecule has 0 aromatic heterocycles. The molecule has 1 amide bonds. The summed E-state index contributed by atoms with van der Waals surface area (Å²) in [5, 5.41) is 6.02. The predicted molar refractivity (Wildman–Crippen MR) is 62.9 cm³/mol. The van der Waals surface area contributed by atoms with Gasteiger partial charge in [-0.2, -0.15) is 13.2 Å². The highest BCUT2D eigenvalue weighted by Crippen LogP contribution is 2.35. The van der Waals surface area contributed by atoms with Gasteiger partial charge < -0.3 is 10.6 Å². The first-order valence-corrected chi connectivity index (χ1v) is 6.19. The molecule has 2 aliphatic rings. The Balaban J connectivity index is 2.05. The number of amides is 1. The Hall–Kier alpha value is -1.56. The smallest absolute Gasteiger partial charge is 0.349 e. The van der Waals surface area contributed by atoms with E-state index in [1.54, 1.807) is 0 Å². The summed E-state index contributed by atoms with van der Waals surface area (Å²) in [6.07, 6.45) is -3.62. The molecule has 2 atom stereocenters. The number of hydrogen-bond donors (Lipinski definition) is 2. The lowest BCUT2D eigenvalue weighted by Crippen LogP contribution is -2.51. The lowest BCUT2D eigenvalue weighted by molar-refractivity contribution is -0.137. The van der Waals surface area contributed by atoms with Crippen LogP contribution in [0.4, 0.5) is 13.2 Å².